The molecule has 0 radical (unpaired) electrons. The monoisotopic (exact) mass is 268 g/mol. The molecular weight excluding hydrogens is 260 g/mol. The number of hydrogen-bond donors (Lipinski definition) is 0. The number of hydrogen-bond acceptors (Lipinski definition) is 3. The summed E-state index contributed by atoms with van der Waals surface area (Å²) < 4.78 is 3.48. The smallest absolute Gasteiger partial charge is 0.244 e. The van der Waals surface area contributed by atoms with E-state index in [1.165, 1.54) is 9.36 Å². The molecule has 0 unspecified atom stereocenters. The van der Waals surface area contributed by atoms with Crippen LogP contribution in [0.15, 0.2) is 33.5 Å². The number of rotatable bonds is 2. The second-order valence-corrected chi connectivity index (χ2v) is 3.88. The Morgan fingerprint density at radius 2 is 2.20 bits per heavy atom. The van der Waals surface area contributed by atoms with E-state index >= 15 is 0 Å². The van der Waals surface area contributed by atoms with Gasteiger partial charge in [0.2, 0.25) is 0 Å². The van der Waals surface area contributed by atoms with Crippen LogP contribution in [0.1, 0.15) is 6.92 Å². The van der Waals surface area contributed by atoms with Crippen LogP contribution in [0.2, 0.25) is 0 Å². The maximum atomic E-state index is 11.7. The van der Waals surface area contributed by atoms with E-state index in [0.29, 0.717) is 12.2 Å². The van der Waals surface area contributed by atoms with Crippen LogP contribution in [-0.4, -0.2) is 19.8 Å². The quantitative estimate of drug-likeness (QED) is 0.823. The first kappa shape index (κ1) is 10.1. The van der Waals surface area contributed by atoms with Gasteiger partial charge in [-0.15, -0.1) is 0 Å². The van der Waals surface area contributed by atoms with Gasteiger partial charge in [0.25, 0.3) is 0 Å². The summed E-state index contributed by atoms with van der Waals surface area (Å²) in [6.45, 7) is 2.37. The molecule has 0 fully saturated rings. The van der Waals surface area contributed by atoms with Crippen LogP contribution in [0.5, 0.6) is 0 Å². The van der Waals surface area contributed by atoms with Crippen molar-refractivity contribution < 1.29 is 0 Å². The van der Waals surface area contributed by atoms with E-state index in [1.54, 1.807) is 6.07 Å². The summed E-state index contributed by atoms with van der Waals surface area (Å²) in [4.78, 5) is 11.7. The fraction of sp³-hybridized carbons (Fsp3) is 0.222. The zero-order chi connectivity index (χ0) is 10.8. The third-order valence-corrected chi connectivity index (χ3v) is 2.48. The lowest BCUT2D eigenvalue weighted by Gasteiger charge is -1.97. The molecule has 0 amide bonds. The summed E-state index contributed by atoms with van der Waals surface area (Å²) in [5.41, 5.74) is 0.477. The number of tetrazole rings is 1. The van der Waals surface area contributed by atoms with E-state index in [4.69, 9.17) is 0 Å². The first-order chi connectivity index (χ1) is 7.22. The summed E-state index contributed by atoms with van der Waals surface area (Å²) >= 11 is 3.34. The predicted octanol–water partition coefficient (Wildman–Crippen LogP) is 1.21. The first-order valence-electron chi connectivity index (χ1n) is 4.51. The van der Waals surface area contributed by atoms with Crippen LogP contribution < -0.4 is 5.69 Å². The molecule has 78 valence electrons. The van der Waals surface area contributed by atoms with Crippen LogP contribution in [0.3, 0.4) is 0 Å². The van der Waals surface area contributed by atoms with Gasteiger partial charge in [-0.2, -0.15) is 9.36 Å². The fourth-order valence-electron chi connectivity index (χ4n) is 1.24. The molecular formula is C9H9BrN4O. The average Bonchev–Trinajstić information content (AvgIpc) is 2.59. The minimum absolute atomic E-state index is 0.226. The van der Waals surface area contributed by atoms with Gasteiger partial charge in [-0.05, 0) is 35.5 Å². The van der Waals surface area contributed by atoms with Crippen LogP contribution >= 0.6 is 15.9 Å². The Hall–Kier alpha value is -1.43. The standard InChI is InChI=1S/C9H9BrN4O/c1-2-13-9(15)14(12-11-13)8-5-3-4-7(10)6-8/h3-6H,2H2,1H3. The highest BCUT2D eigenvalue weighted by Gasteiger charge is 2.06. The highest BCUT2D eigenvalue weighted by atomic mass is 79.9. The van der Waals surface area contributed by atoms with Crippen molar-refractivity contribution in [1.82, 2.24) is 19.8 Å². The van der Waals surface area contributed by atoms with E-state index in [1.807, 2.05) is 25.1 Å². The SMILES string of the molecule is CCn1nnn(-c2cccc(Br)c2)c1=O. The minimum atomic E-state index is -0.226. The topological polar surface area (TPSA) is 52.7 Å². The van der Waals surface area contributed by atoms with Crippen molar-refractivity contribution in [1.29, 1.82) is 0 Å². The van der Waals surface area contributed by atoms with Crippen molar-refractivity contribution in [2.45, 2.75) is 13.5 Å². The Morgan fingerprint density at radius 3 is 2.80 bits per heavy atom. The molecule has 6 heteroatoms. The third-order valence-electron chi connectivity index (χ3n) is 1.99. The number of aryl methyl sites for hydroxylation is 1. The minimum Gasteiger partial charge on any atom is -0.244 e. The van der Waals surface area contributed by atoms with Crippen LogP contribution in [0.25, 0.3) is 5.69 Å². The molecule has 0 atom stereocenters. The summed E-state index contributed by atoms with van der Waals surface area (Å²) in [6, 6.07) is 7.35. The molecule has 15 heavy (non-hydrogen) atoms. The third kappa shape index (κ3) is 1.85. The van der Waals surface area contributed by atoms with Gasteiger partial charge in [-0.3, -0.25) is 0 Å². The van der Waals surface area contributed by atoms with Gasteiger partial charge in [0.15, 0.2) is 0 Å². The zero-order valence-corrected chi connectivity index (χ0v) is 9.68. The van der Waals surface area contributed by atoms with Gasteiger partial charge in [0.05, 0.1) is 5.69 Å². The molecule has 5 nitrogen and oxygen atoms in total. The second-order valence-electron chi connectivity index (χ2n) is 2.97. The zero-order valence-electron chi connectivity index (χ0n) is 8.09. The number of aromatic nitrogens is 4. The molecule has 0 N–H and O–H groups in total. The van der Waals surface area contributed by atoms with Crippen molar-refractivity contribution in [2.75, 3.05) is 0 Å². The molecule has 0 saturated heterocycles. The maximum Gasteiger partial charge on any atom is 0.368 e. The molecule has 0 spiro atoms. The molecule has 1 aromatic heterocycles. The van der Waals surface area contributed by atoms with Crippen molar-refractivity contribution >= 4 is 15.9 Å². The van der Waals surface area contributed by atoms with E-state index in [2.05, 4.69) is 26.4 Å². The van der Waals surface area contributed by atoms with Gasteiger partial charge in [-0.1, -0.05) is 22.0 Å². The van der Waals surface area contributed by atoms with Crippen LogP contribution in [0, 0.1) is 0 Å². The molecule has 0 bridgehead atoms. The van der Waals surface area contributed by atoms with Crippen molar-refractivity contribution in [3.63, 3.8) is 0 Å². The Bertz CT molecular complexity index is 531. The molecule has 0 saturated carbocycles. The summed E-state index contributed by atoms with van der Waals surface area (Å²) in [7, 11) is 0. The number of nitrogens with zero attached hydrogens (tertiary/aromatic N) is 4. The highest BCUT2D eigenvalue weighted by Crippen LogP contribution is 2.12. The van der Waals surface area contributed by atoms with Crippen molar-refractivity contribution in [3.8, 4) is 5.69 Å². The van der Waals surface area contributed by atoms with E-state index < -0.39 is 0 Å². The maximum absolute atomic E-state index is 11.7. The van der Waals surface area contributed by atoms with Gasteiger partial charge in [-0.25, -0.2) is 4.79 Å². The van der Waals surface area contributed by atoms with E-state index in [-0.39, 0.29) is 5.69 Å². The lowest BCUT2D eigenvalue weighted by atomic mass is 10.3. The highest BCUT2D eigenvalue weighted by molar-refractivity contribution is 9.10. The molecule has 2 aromatic rings. The van der Waals surface area contributed by atoms with Crippen molar-refractivity contribution in [2.24, 2.45) is 0 Å². The van der Waals surface area contributed by atoms with Gasteiger partial charge in [0, 0.05) is 11.0 Å². The first-order valence-corrected chi connectivity index (χ1v) is 5.30. The predicted molar refractivity (Wildman–Crippen MR) is 59.0 cm³/mol. The van der Waals surface area contributed by atoms with Gasteiger partial charge >= 0.3 is 5.69 Å². The Morgan fingerprint density at radius 1 is 1.40 bits per heavy atom. The van der Waals surface area contributed by atoms with Crippen LogP contribution in [0.4, 0.5) is 0 Å². The van der Waals surface area contributed by atoms with Crippen LogP contribution in [-0.2, 0) is 6.54 Å². The second kappa shape index (κ2) is 3.98. The molecule has 2 rings (SSSR count). The van der Waals surface area contributed by atoms with E-state index in [0.717, 1.165) is 4.47 Å². The van der Waals surface area contributed by atoms with Crippen molar-refractivity contribution in [3.05, 3.63) is 39.2 Å². The summed E-state index contributed by atoms with van der Waals surface area (Å²) in [5, 5.41) is 7.54. The van der Waals surface area contributed by atoms with E-state index in [9.17, 15) is 4.79 Å². The molecule has 1 aromatic carbocycles. The normalized spacial score (nSPS) is 10.5. The van der Waals surface area contributed by atoms with Gasteiger partial charge in [0.1, 0.15) is 0 Å². The molecule has 0 aliphatic rings. The fourth-order valence-corrected chi connectivity index (χ4v) is 1.63. The Kier molecular flexibility index (Phi) is 2.68. The number of halogens is 1. The van der Waals surface area contributed by atoms with Gasteiger partial charge < -0.3 is 0 Å². The summed E-state index contributed by atoms with van der Waals surface area (Å²) in [6.07, 6.45) is 0. The summed E-state index contributed by atoms with van der Waals surface area (Å²) in [5.74, 6) is 0. The molecule has 1 heterocycles. The number of benzene rings is 1. The lowest BCUT2D eigenvalue weighted by Crippen LogP contribution is -2.23. The lowest BCUT2D eigenvalue weighted by molar-refractivity contribution is 0.609. The molecule has 0 aliphatic heterocycles. The Balaban J connectivity index is 2.55. The molecule has 0 aliphatic carbocycles. The Labute approximate surface area is 94.4 Å². The average molecular weight is 269 g/mol. The largest absolute Gasteiger partial charge is 0.368 e.